The molecule has 0 aliphatic carbocycles. The fourth-order valence-electron chi connectivity index (χ4n) is 1.92. The molecule has 2 N–H and O–H groups in total. The first-order valence-corrected chi connectivity index (χ1v) is 6.48. The average Bonchev–Trinajstić information content (AvgIpc) is 2.78. The second kappa shape index (κ2) is 6.49. The van der Waals surface area contributed by atoms with Gasteiger partial charge in [-0.3, -0.25) is 0 Å². The van der Waals surface area contributed by atoms with Gasteiger partial charge in [0.15, 0.2) is 5.65 Å². The Bertz CT molecular complexity index is 620. The third-order valence-electron chi connectivity index (χ3n) is 3.05. The molecule has 8 heteroatoms. The van der Waals surface area contributed by atoms with Crippen molar-refractivity contribution in [3.05, 3.63) is 22.4 Å². The molecule has 2 heterocycles. The molecule has 0 bridgehead atoms. The van der Waals surface area contributed by atoms with Crippen molar-refractivity contribution in [1.29, 1.82) is 0 Å². The van der Waals surface area contributed by atoms with Gasteiger partial charge in [0.1, 0.15) is 11.6 Å². The number of H-pyrrole nitrogens is 1. The van der Waals surface area contributed by atoms with Crippen LogP contribution in [0.2, 0.25) is 0 Å². The Morgan fingerprint density at radius 2 is 2.30 bits per heavy atom. The first-order valence-electron chi connectivity index (χ1n) is 6.48. The van der Waals surface area contributed by atoms with Gasteiger partial charge in [0.25, 0.3) is 0 Å². The second-order valence-corrected chi connectivity index (χ2v) is 4.63. The van der Waals surface area contributed by atoms with E-state index in [0.29, 0.717) is 17.3 Å². The number of hydrogen-bond donors (Lipinski definition) is 2. The van der Waals surface area contributed by atoms with Crippen LogP contribution in [-0.2, 0) is 4.74 Å². The molecule has 0 amide bonds. The zero-order chi connectivity index (χ0) is 14.5. The van der Waals surface area contributed by atoms with Crippen LogP contribution >= 0.6 is 0 Å². The van der Waals surface area contributed by atoms with Gasteiger partial charge in [-0.25, -0.2) is 19.3 Å². The maximum atomic E-state index is 11.5. The molecule has 0 radical (unpaired) electrons. The average molecular weight is 280 g/mol. The van der Waals surface area contributed by atoms with Crippen LogP contribution in [0.25, 0.3) is 5.65 Å². The fourth-order valence-corrected chi connectivity index (χ4v) is 1.92. The molecule has 2 rings (SSSR count). The predicted octanol–water partition coefficient (Wildman–Crippen LogP) is -0.284. The number of nitrogens with zero attached hydrogens (tertiary/aromatic N) is 4. The number of nitrogens with one attached hydrogen (secondary N) is 2. The highest BCUT2D eigenvalue weighted by Crippen LogP contribution is 2.07. The lowest BCUT2D eigenvalue weighted by Gasteiger charge is -2.16. The Morgan fingerprint density at radius 1 is 1.50 bits per heavy atom. The number of methoxy groups -OCH3 is 1. The van der Waals surface area contributed by atoms with Crippen LogP contribution < -0.4 is 11.0 Å². The summed E-state index contributed by atoms with van der Waals surface area (Å²) >= 11 is 0. The van der Waals surface area contributed by atoms with E-state index in [-0.39, 0.29) is 5.69 Å². The van der Waals surface area contributed by atoms with Gasteiger partial charge >= 0.3 is 5.69 Å². The summed E-state index contributed by atoms with van der Waals surface area (Å²) in [6.45, 7) is 5.02. The molecular weight excluding hydrogens is 260 g/mol. The van der Waals surface area contributed by atoms with Crippen LogP contribution in [0.5, 0.6) is 0 Å². The van der Waals surface area contributed by atoms with Gasteiger partial charge in [0, 0.05) is 32.8 Å². The Labute approximate surface area is 116 Å². The summed E-state index contributed by atoms with van der Waals surface area (Å²) in [6, 6.07) is 1.75. The number of aryl methyl sites for hydroxylation is 1. The SMILES string of the molecule is COCCN(C)CCNc1cc2n[nH]c(=O)n2c(C)n1. The van der Waals surface area contributed by atoms with E-state index in [1.807, 2.05) is 7.05 Å². The van der Waals surface area contributed by atoms with Gasteiger partial charge < -0.3 is 15.0 Å². The molecule has 20 heavy (non-hydrogen) atoms. The third-order valence-corrected chi connectivity index (χ3v) is 3.05. The highest BCUT2D eigenvalue weighted by atomic mass is 16.5. The molecule has 0 spiro atoms. The molecule has 2 aromatic rings. The Morgan fingerprint density at radius 3 is 3.05 bits per heavy atom. The van der Waals surface area contributed by atoms with Crippen molar-refractivity contribution in [3.63, 3.8) is 0 Å². The summed E-state index contributed by atoms with van der Waals surface area (Å²) in [6.07, 6.45) is 0. The zero-order valence-corrected chi connectivity index (χ0v) is 12.0. The molecule has 0 aliphatic rings. The van der Waals surface area contributed by atoms with Gasteiger partial charge in [-0.1, -0.05) is 0 Å². The van der Waals surface area contributed by atoms with Crippen molar-refractivity contribution in [1.82, 2.24) is 24.5 Å². The number of aromatic amines is 1. The smallest absolute Gasteiger partial charge is 0.349 e. The lowest BCUT2D eigenvalue weighted by Crippen LogP contribution is -2.28. The predicted molar refractivity (Wildman–Crippen MR) is 76.2 cm³/mol. The number of aromatic nitrogens is 4. The van der Waals surface area contributed by atoms with Crippen molar-refractivity contribution in [2.45, 2.75) is 6.92 Å². The number of hydrogen-bond acceptors (Lipinski definition) is 6. The van der Waals surface area contributed by atoms with E-state index >= 15 is 0 Å². The first kappa shape index (κ1) is 14.5. The summed E-state index contributed by atoms with van der Waals surface area (Å²) in [4.78, 5) is 18.0. The Balaban J connectivity index is 1.95. The van der Waals surface area contributed by atoms with Crippen LogP contribution in [0.1, 0.15) is 5.82 Å². The van der Waals surface area contributed by atoms with Gasteiger partial charge in [-0.05, 0) is 14.0 Å². The first-order chi connectivity index (χ1) is 9.61. The minimum absolute atomic E-state index is 0.268. The number of likely N-dealkylation sites (N-methyl/N-ethyl adjacent to an activating group) is 1. The quantitative estimate of drug-likeness (QED) is 0.725. The summed E-state index contributed by atoms with van der Waals surface area (Å²) in [5.41, 5.74) is 0.300. The van der Waals surface area contributed by atoms with Crippen LogP contribution in [0.3, 0.4) is 0 Å². The van der Waals surface area contributed by atoms with Crippen molar-refractivity contribution in [2.75, 3.05) is 45.7 Å². The number of fused-ring (bicyclic) bond motifs is 1. The van der Waals surface area contributed by atoms with E-state index in [1.165, 1.54) is 4.40 Å². The molecule has 110 valence electrons. The van der Waals surface area contributed by atoms with Gasteiger partial charge in [0.05, 0.1) is 6.61 Å². The van der Waals surface area contributed by atoms with Crippen LogP contribution in [0.15, 0.2) is 10.9 Å². The van der Waals surface area contributed by atoms with E-state index < -0.39 is 0 Å². The topological polar surface area (TPSA) is 87.5 Å². The van der Waals surface area contributed by atoms with Crippen molar-refractivity contribution >= 4 is 11.5 Å². The normalized spacial score (nSPS) is 11.4. The van der Waals surface area contributed by atoms with E-state index in [1.54, 1.807) is 20.1 Å². The van der Waals surface area contributed by atoms with E-state index in [4.69, 9.17) is 4.74 Å². The summed E-state index contributed by atoms with van der Waals surface area (Å²) < 4.78 is 6.47. The molecule has 2 aromatic heterocycles. The molecule has 0 saturated carbocycles. The lowest BCUT2D eigenvalue weighted by atomic mass is 10.4. The van der Waals surface area contributed by atoms with Crippen molar-refractivity contribution in [2.24, 2.45) is 0 Å². The number of ether oxygens (including phenoxy) is 1. The van der Waals surface area contributed by atoms with Crippen LogP contribution in [-0.4, -0.2) is 64.9 Å². The van der Waals surface area contributed by atoms with Gasteiger partial charge in [-0.15, -0.1) is 0 Å². The molecule has 0 fully saturated rings. The zero-order valence-electron chi connectivity index (χ0n) is 12.0. The Hall–Kier alpha value is -1.93. The maximum Gasteiger partial charge on any atom is 0.349 e. The highest BCUT2D eigenvalue weighted by Gasteiger charge is 2.06. The van der Waals surface area contributed by atoms with Crippen molar-refractivity contribution < 1.29 is 4.74 Å². The van der Waals surface area contributed by atoms with E-state index in [9.17, 15) is 4.79 Å². The molecule has 0 saturated heterocycles. The third kappa shape index (κ3) is 3.34. The summed E-state index contributed by atoms with van der Waals surface area (Å²) in [7, 11) is 3.73. The molecule has 0 aromatic carbocycles. The lowest BCUT2D eigenvalue weighted by molar-refractivity contribution is 0.163. The largest absolute Gasteiger partial charge is 0.383 e. The molecule has 8 nitrogen and oxygen atoms in total. The standard InChI is InChI=1S/C12H20N6O2/c1-9-14-10(8-11-15-16-12(19)18(9)11)13-4-5-17(2)6-7-20-3/h8,13H,4-7H2,1-3H3,(H,16,19). The number of anilines is 1. The minimum atomic E-state index is -0.268. The molecule has 0 unspecified atom stereocenters. The number of rotatable bonds is 7. The maximum absolute atomic E-state index is 11.5. The van der Waals surface area contributed by atoms with Crippen molar-refractivity contribution in [3.8, 4) is 0 Å². The Kier molecular flexibility index (Phi) is 4.70. The second-order valence-electron chi connectivity index (χ2n) is 4.63. The van der Waals surface area contributed by atoms with Gasteiger partial charge in [-0.2, -0.15) is 5.10 Å². The molecular formula is C12H20N6O2. The van der Waals surface area contributed by atoms with Gasteiger partial charge in [0.2, 0.25) is 0 Å². The van der Waals surface area contributed by atoms with Crippen LogP contribution in [0.4, 0.5) is 5.82 Å². The summed E-state index contributed by atoms with van der Waals surface area (Å²) in [5.74, 6) is 1.32. The van der Waals surface area contributed by atoms with E-state index in [0.717, 1.165) is 26.2 Å². The fraction of sp³-hybridized carbons (Fsp3) is 0.583. The van der Waals surface area contributed by atoms with Crippen LogP contribution in [0, 0.1) is 6.92 Å². The highest BCUT2D eigenvalue weighted by molar-refractivity contribution is 5.49. The molecule has 0 aliphatic heterocycles. The van der Waals surface area contributed by atoms with E-state index in [2.05, 4.69) is 25.4 Å². The molecule has 0 atom stereocenters. The summed E-state index contributed by atoms with van der Waals surface area (Å²) in [5, 5.41) is 9.58. The minimum Gasteiger partial charge on any atom is -0.383 e. The monoisotopic (exact) mass is 280 g/mol.